The Kier molecular flexibility index (Phi) is 7.40. The van der Waals surface area contributed by atoms with Crippen molar-refractivity contribution in [1.29, 1.82) is 5.26 Å². The van der Waals surface area contributed by atoms with E-state index in [9.17, 15) is 9.59 Å². The molecule has 1 saturated heterocycles. The highest BCUT2D eigenvalue weighted by atomic mass is 16.2. The Balaban J connectivity index is 1.36. The van der Waals surface area contributed by atoms with Crippen LogP contribution in [0, 0.1) is 17.2 Å². The molecule has 180 valence electrons. The average Bonchev–Trinajstić information content (AvgIpc) is 3.23. The first kappa shape index (κ1) is 24.3. The second-order valence-electron chi connectivity index (χ2n) is 9.68. The summed E-state index contributed by atoms with van der Waals surface area (Å²) in [6.07, 6.45) is 4.40. The number of nitriles is 1. The Morgan fingerprint density at radius 2 is 1.80 bits per heavy atom. The molecule has 1 fully saturated rings. The molecule has 1 aromatic carbocycles. The number of carbonyl (C=O) groups is 2. The van der Waals surface area contributed by atoms with Crippen LogP contribution in [0.2, 0.25) is 0 Å². The number of nitrogens with zero attached hydrogens (tertiary/aromatic N) is 5. The molecule has 0 N–H and O–H groups in total. The number of Topliss-reactive ketones (excluding diaryl/α,β-unsaturated/α-hetero) is 1. The number of hydrogen-bond acceptors (Lipinski definition) is 5. The van der Waals surface area contributed by atoms with Gasteiger partial charge in [-0.25, -0.2) is 0 Å². The quantitative estimate of drug-likeness (QED) is 0.480. The Morgan fingerprint density at radius 3 is 2.40 bits per heavy atom. The molecule has 7 heteroatoms. The maximum atomic E-state index is 13.2. The van der Waals surface area contributed by atoms with Crippen molar-refractivity contribution in [2.24, 2.45) is 13.0 Å². The fourth-order valence-electron chi connectivity index (χ4n) is 4.62. The largest absolute Gasteiger partial charge is 0.337 e. The van der Waals surface area contributed by atoms with E-state index < -0.39 is 0 Å². The molecule has 4 rings (SSSR count). The van der Waals surface area contributed by atoms with E-state index in [1.54, 1.807) is 24.0 Å². The van der Waals surface area contributed by atoms with Gasteiger partial charge >= 0.3 is 0 Å². The molecule has 1 aliphatic heterocycles. The lowest BCUT2D eigenvalue weighted by molar-refractivity contribution is 0.0701. The van der Waals surface area contributed by atoms with Crippen LogP contribution < -0.4 is 0 Å². The molecule has 0 spiro atoms. The van der Waals surface area contributed by atoms with E-state index in [4.69, 9.17) is 5.26 Å². The van der Waals surface area contributed by atoms with Gasteiger partial charge in [-0.05, 0) is 67.0 Å². The van der Waals surface area contributed by atoms with Gasteiger partial charge in [0.15, 0.2) is 5.78 Å². The SMILES string of the molecule is CC(C)Cc1ccc(C(=O)Cc2cc(C(=O)N3CCC(c4ccc(C#N)cc4)CC3)n(C)n2)cn1. The Labute approximate surface area is 206 Å². The van der Waals surface area contributed by atoms with E-state index in [1.807, 2.05) is 41.3 Å². The number of ketones is 1. The number of aromatic nitrogens is 3. The molecule has 3 aromatic rings. The Bertz CT molecular complexity index is 1230. The molecule has 0 unspecified atom stereocenters. The van der Waals surface area contributed by atoms with Crippen LogP contribution >= 0.6 is 0 Å². The number of carbonyl (C=O) groups excluding carboxylic acids is 2. The Hall–Kier alpha value is -3.79. The number of pyridine rings is 1. The van der Waals surface area contributed by atoms with Gasteiger partial charge in [0.05, 0.1) is 23.7 Å². The summed E-state index contributed by atoms with van der Waals surface area (Å²) in [6.45, 7) is 5.60. The lowest BCUT2D eigenvalue weighted by Crippen LogP contribution is -2.38. The molecule has 35 heavy (non-hydrogen) atoms. The van der Waals surface area contributed by atoms with Crippen molar-refractivity contribution in [1.82, 2.24) is 19.7 Å². The third-order valence-electron chi connectivity index (χ3n) is 6.55. The molecule has 1 amide bonds. The van der Waals surface area contributed by atoms with Gasteiger partial charge in [0, 0.05) is 37.6 Å². The first-order chi connectivity index (χ1) is 16.8. The monoisotopic (exact) mass is 469 g/mol. The highest BCUT2D eigenvalue weighted by Crippen LogP contribution is 2.29. The minimum atomic E-state index is -0.0612. The number of benzene rings is 1. The van der Waals surface area contributed by atoms with Crippen molar-refractivity contribution >= 4 is 11.7 Å². The summed E-state index contributed by atoms with van der Waals surface area (Å²) in [4.78, 5) is 32.2. The van der Waals surface area contributed by atoms with E-state index in [1.165, 1.54) is 5.56 Å². The third kappa shape index (κ3) is 5.83. The summed E-state index contributed by atoms with van der Waals surface area (Å²) in [5.41, 5.74) is 4.48. The first-order valence-electron chi connectivity index (χ1n) is 12.1. The van der Waals surface area contributed by atoms with Gasteiger partial charge < -0.3 is 4.90 Å². The average molecular weight is 470 g/mol. The second kappa shape index (κ2) is 10.6. The first-order valence-corrected chi connectivity index (χ1v) is 12.1. The minimum Gasteiger partial charge on any atom is -0.337 e. The summed E-state index contributed by atoms with van der Waals surface area (Å²) < 4.78 is 1.57. The predicted molar refractivity (Wildman–Crippen MR) is 133 cm³/mol. The van der Waals surface area contributed by atoms with Gasteiger partial charge in [0.1, 0.15) is 5.69 Å². The van der Waals surface area contributed by atoms with Gasteiger partial charge in [0.25, 0.3) is 5.91 Å². The highest BCUT2D eigenvalue weighted by molar-refractivity contribution is 5.97. The second-order valence-corrected chi connectivity index (χ2v) is 9.68. The molecule has 2 aromatic heterocycles. The smallest absolute Gasteiger partial charge is 0.272 e. The van der Waals surface area contributed by atoms with Crippen molar-refractivity contribution < 1.29 is 9.59 Å². The van der Waals surface area contributed by atoms with Crippen LogP contribution in [-0.2, 0) is 19.9 Å². The standard InChI is InChI=1S/C28H31N5O2/c1-19(2)14-24-9-8-23(18-30-24)27(34)16-25-15-26(32(3)31-25)28(35)33-12-10-22(11-13-33)21-6-4-20(17-29)5-7-21/h4-9,15,18-19,22H,10-14,16H2,1-3H3. The summed E-state index contributed by atoms with van der Waals surface area (Å²) in [5, 5.41) is 13.4. The van der Waals surface area contributed by atoms with E-state index >= 15 is 0 Å². The zero-order valence-electron chi connectivity index (χ0n) is 20.6. The lowest BCUT2D eigenvalue weighted by Gasteiger charge is -2.32. The van der Waals surface area contributed by atoms with Crippen LogP contribution in [0.25, 0.3) is 0 Å². The zero-order chi connectivity index (χ0) is 24.9. The summed E-state index contributed by atoms with van der Waals surface area (Å²) in [5.74, 6) is 0.771. The minimum absolute atomic E-state index is 0.0586. The zero-order valence-corrected chi connectivity index (χ0v) is 20.6. The van der Waals surface area contributed by atoms with Crippen molar-refractivity contribution in [2.45, 2.75) is 45.4 Å². The van der Waals surface area contributed by atoms with Gasteiger partial charge in [-0.1, -0.05) is 26.0 Å². The number of amides is 1. The van der Waals surface area contributed by atoms with E-state index in [-0.39, 0.29) is 18.1 Å². The fourth-order valence-corrected chi connectivity index (χ4v) is 4.62. The molecule has 7 nitrogen and oxygen atoms in total. The third-order valence-corrected chi connectivity index (χ3v) is 6.55. The maximum Gasteiger partial charge on any atom is 0.272 e. The summed E-state index contributed by atoms with van der Waals surface area (Å²) >= 11 is 0. The normalized spacial score (nSPS) is 14.2. The highest BCUT2D eigenvalue weighted by Gasteiger charge is 2.27. The molecular weight excluding hydrogens is 438 g/mol. The van der Waals surface area contributed by atoms with Gasteiger partial charge in [-0.15, -0.1) is 0 Å². The molecular formula is C28H31N5O2. The van der Waals surface area contributed by atoms with Crippen molar-refractivity contribution in [3.8, 4) is 6.07 Å². The molecule has 0 radical (unpaired) electrons. The topological polar surface area (TPSA) is 91.9 Å². The Morgan fingerprint density at radius 1 is 1.09 bits per heavy atom. The van der Waals surface area contributed by atoms with Crippen molar-refractivity contribution in [3.05, 3.63) is 82.4 Å². The van der Waals surface area contributed by atoms with E-state index in [0.29, 0.717) is 47.4 Å². The van der Waals surface area contributed by atoms with Crippen molar-refractivity contribution in [2.75, 3.05) is 13.1 Å². The number of hydrogen-bond donors (Lipinski definition) is 0. The number of piperidine rings is 1. The summed E-state index contributed by atoms with van der Waals surface area (Å²) in [6, 6.07) is 15.3. The molecule has 0 atom stereocenters. The van der Waals surface area contributed by atoms with Crippen LogP contribution in [0.15, 0.2) is 48.7 Å². The molecule has 0 saturated carbocycles. The van der Waals surface area contributed by atoms with Gasteiger partial charge in [-0.3, -0.25) is 19.3 Å². The molecule has 0 bridgehead atoms. The van der Waals surface area contributed by atoms with E-state index in [0.717, 1.165) is 25.0 Å². The van der Waals surface area contributed by atoms with Gasteiger partial charge in [0.2, 0.25) is 0 Å². The lowest BCUT2D eigenvalue weighted by atomic mass is 9.89. The fraction of sp³-hybridized carbons (Fsp3) is 0.393. The number of likely N-dealkylation sites (tertiary alicyclic amines) is 1. The predicted octanol–water partition coefficient (Wildman–Crippen LogP) is 4.33. The summed E-state index contributed by atoms with van der Waals surface area (Å²) in [7, 11) is 1.74. The van der Waals surface area contributed by atoms with Crippen LogP contribution in [0.3, 0.4) is 0 Å². The van der Waals surface area contributed by atoms with E-state index in [2.05, 4.69) is 30.0 Å². The molecule has 0 aliphatic carbocycles. The van der Waals surface area contributed by atoms with Crippen LogP contribution in [0.4, 0.5) is 0 Å². The molecule has 3 heterocycles. The number of aryl methyl sites for hydroxylation is 1. The van der Waals surface area contributed by atoms with Gasteiger partial charge in [-0.2, -0.15) is 10.4 Å². The van der Waals surface area contributed by atoms with Crippen molar-refractivity contribution in [3.63, 3.8) is 0 Å². The number of rotatable bonds is 7. The van der Waals surface area contributed by atoms with Crippen LogP contribution in [-0.4, -0.2) is 44.4 Å². The molecule has 1 aliphatic rings. The maximum absolute atomic E-state index is 13.2. The van der Waals surface area contributed by atoms with Crippen LogP contribution in [0.1, 0.15) is 76.0 Å². The van der Waals surface area contributed by atoms with Crippen LogP contribution in [0.5, 0.6) is 0 Å².